The van der Waals surface area contributed by atoms with E-state index in [-0.39, 0.29) is 29.4 Å². The third-order valence-electron chi connectivity index (χ3n) is 10.6. The molecule has 3 aromatic carbocycles. The zero-order chi connectivity index (χ0) is 38.8. The highest BCUT2D eigenvalue weighted by Crippen LogP contribution is 2.51. The molecule has 54 heavy (non-hydrogen) atoms. The summed E-state index contributed by atoms with van der Waals surface area (Å²) in [6, 6.07) is 21.4. The third-order valence-corrected chi connectivity index (χ3v) is 10.6. The number of methoxy groups -OCH3 is 6. The molecule has 0 bridgehead atoms. The summed E-state index contributed by atoms with van der Waals surface area (Å²) in [5, 5.41) is 1.21. The molecule has 3 heterocycles. The minimum absolute atomic E-state index is 0.0170. The Balaban J connectivity index is 0.000000492. The number of benzene rings is 3. The van der Waals surface area contributed by atoms with Crippen LogP contribution in [0, 0.1) is 17.8 Å². The van der Waals surface area contributed by atoms with Crippen LogP contribution in [0.4, 0.5) is 0 Å². The zero-order valence-electron chi connectivity index (χ0n) is 32.0. The van der Waals surface area contributed by atoms with Crippen LogP contribution >= 0.6 is 0 Å². The summed E-state index contributed by atoms with van der Waals surface area (Å²) in [5.41, 5.74) is 3.83. The van der Waals surface area contributed by atoms with Crippen molar-refractivity contribution in [2.45, 2.75) is 37.5 Å². The molecule has 1 N–H and O–H groups in total. The third kappa shape index (κ3) is 8.42. The molecule has 6 atom stereocenters. The van der Waals surface area contributed by atoms with Gasteiger partial charge in [-0.2, -0.15) is 0 Å². The molecule has 3 aliphatic rings. The van der Waals surface area contributed by atoms with E-state index in [2.05, 4.69) is 29.1 Å². The Morgan fingerprint density at radius 1 is 0.833 bits per heavy atom. The largest absolute Gasteiger partial charge is 0.497 e. The maximum Gasteiger partial charge on any atom is 0.338 e. The number of allylic oxidation sites excluding steroid dienone is 2. The van der Waals surface area contributed by atoms with Crippen LogP contribution in [0.2, 0.25) is 0 Å². The second-order valence-electron chi connectivity index (χ2n) is 13.3. The predicted octanol–water partition coefficient (Wildman–Crippen LogP) is 7.22. The normalized spacial score (nSPS) is 22.6. The van der Waals surface area contributed by atoms with E-state index in [1.54, 1.807) is 38.5 Å². The minimum atomic E-state index is -0.670. The van der Waals surface area contributed by atoms with Crippen molar-refractivity contribution in [2.75, 3.05) is 55.7 Å². The van der Waals surface area contributed by atoms with Gasteiger partial charge in [-0.25, -0.2) is 4.79 Å². The first kappa shape index (κ1) is 39.9. The molecule has 1 saturated carbocycles. The number of ether oxygens (including phenoxy) is 7. The number of carbonyl (C=O) groups is 2. The van der Waals surface area contributed by atoms with Gasteiger partial charge in [-0.15, -0.1) is 0 Å². The first-order valence-corrected chi connectivity index (χ1v) is 18.0. The fourth-order valence-electron chi connectivity index (χ4n) is 8.15. The highest BCUT2D eigenvalue weighted by Gasteiger charge is 2.54. The van der Waals surface area contributed by atoms with Gasteiger partial charge in [-0.1, -0.05) is 61.7 Å². The molecular formula is C43H52N2O9. The van der Waals surface area contributed by atoms with Gasteiger partial charge in [0.05, 0.1) is 53.1 Å². The number of H-pyrrole nitrogens is 1. The van der Waals surface area contributed by atoms with E-state index in [1.165, 1.54) is 45.1 Å². The van der Waals surface area contributed by atoms with Crippen molar-refractivity contribution in [3.05, 3.63) is 109 Å². The van der Waals surface area contributed by atoms with Crippen molar-refractivity contribution >= 4 is 22.8 Å². The number of esters is 2. The first-order valence-electron chi connectivity index (χ1n) is 18.0. The van der Waals surface area contributed by atoms with E-state index in [1.807, 2.05) is 48.5 Å². The van der Waals surface area contributed by atoms with E-state index < -0.39 is 24.1 Å². The van der Waals surface area contributed by atoms with E-state index in [4.69, 9.17) is 33.2 Å². The number of aromatic nitrogens is 1. The zero-order valence-corrected chi connectivity index (χ0v) is 32.0. The van der Waals surface area contributed by atoms with Gasteiger partial charge in [-0.05, 0) is 60.9 Å². The SMILES string of the molecule is C=CC=C.COC(=O)[C@H]1[C@H]2C[C@@H]3c4[nH]c5cc(OC)ccc5c4CCN3C[C@H]2C[C@@H](OC(=O)c2cc(OC)c(OC)c(OC)c2)[C@@H]1OC.c1ccccc1. The van der Waals surface area contributed by atoms with E-state index in [9.17, 15) is 9.59 Å². The number of hydrogen-bond acceptors (Lipinski definition) is 10. The van der Waals surface area contributed by atoms with Crippen LogP contribution in [0.1, 0.15) is 40.5 Å². The lowest BCUT2D eigenvalue weighted by Crippen LogP contribution is -2.58. The number of carbonyl (C=O) groups excluding carboxylic acids is 2. The molecule has 4 aromatic rings. The Morgan fingerprint density at radius 3 is 2.02 bits per heavy atom. The molecule has 0 unspecified atom stereocenters. The Labute approximate surface area is 317 Å². The van der Waals surface area contributed by atoms with Crippen LogP contribution in [-0.2, 0) is 25.4 Å². The van der Waals surface area contributed by atoms with Crippen molar-refractivity contribution < 1.29 is 42.7 Å². The van der Waals surface area contributed by atoms with Gasteiger partial charge in [0.25, 0.3) is 0 Å². The number of fused-ring (bicyclic) bond motifs is 6. The minimum Gasteiger partial charge on any atom is -0.497 e. The molecule has 7 rings (SSSR count). The molecule has 11 nitrogen and oxygen atoms in total. The number of rotatable bonds is 9. The van der Waals surface area contributed by atoms with E-state index >= 15 is 0 Å². The molecule has 2 aliphatic heterocycles. The van der Waals surface area contributed by atoms with Gasteiger partial charge < -0.3 is 38.1 Å². The van der Waals surface area contributed by atoms with Crippen LogP contribution < -0.4 is 18.9 Å². The summed E-state index contributed by atoms with van der Waals surface area (Å²) >= 11 is 0. The summed E-state index contributed by atoms with van der Waals surface area (Å²) in [7, 11) is 9.10. The molecule has 0 amide bonds. The monoisotopic (exact) mass is 740 g/mol. The summed E-state index contributed by atoms with van der Waals surface area (Å²) < 4.78 is 39.1. The molecule has 1 saturated heterocycles. The second-order valence-corrected chi connectivity index (χ2v) is 13.3. The van der Waals surface area contributed by atoms with Gasteiger partial charge in [0.1, 0.15) is 18.0 Å². The molecule has 1 aliphatic carbocycles. The average Bonchev–Trinajstić information content (AvgIpc) is 3.60. The maximum atomic E-state index is 13.5. The van der Waals surface area contributed by atoms with Crippen LogP contribution in [0.5, 0.6) is 23.0 Å². The van der Waals surface area contributed by atoms with Crippen molar-refractivity contribution in [2.24, 2.45) is 17.8 Å². The Morgan fingerprint density at radius 2 is 1.48 bits per heavy atom. The molecule has 288 valence electrons. The lowest BCUT2D eigenvalue weighted by molar-refractivity contribution is -0.176. The fraction of sp³-hybridized carbons (Fsp3) is 0.395. The van der Waals surface area contributed by atoms with Crippen LogP contribution in [-0.4, -0.2) is 89.8 Å². The lowest BCUT2D eigenvalue weighted by Gasteiger charge is -2.52. The maximum absolute atomic E-state index is 13.5. The lowest BCUT2D eigenvalue weighted by atomic mass is 9.63. The topological polar surface area (TPSA) is 118 Å². The number of nitrogens with zero attached hydrogens (tertiary/aromatic N) is 1. The summed E-state index contributed by atoms with van der Waals surface area (Å²) in [5.74, 6) is 0.441. The summed E-state index contributed by atoms with van der Waals surface area (Å²) in [6.07, 6.45) is 4.20. The molecule has 2 fully saturated rings. The van der Waals surface area contributed by atoms with Gasteiger partial charge in [0.15, 0.2) is 11.5 Å². The molecule has 0 radical (unpaired) electrons. The van der Waals surface area contributed by atoms with Crippen molar-refractivity contribution in [1.82, 2.24) is 9.88 Å². The number of nitrogens with one attached hydrogen (secondary N) is 1. The van der Waals surface area contributed by atoms with Crippen LogP contribution in [0.25, 0.3) is 10.9 Å². The Kier molecular flexibility index (Phi) is 13.8. The van der Waals surface area contributed by atoms with Crippen LogP contribution in [0.3, 0.4) is 0 Å². The molecular weight excluding hydrogens is 688 g/mol. The summed E-state index contributed by atoms with van der Waals surface area (Å²) in [4.78, 5) is 33.1. The molecule has 0 spiro atoms. The fourth-order valence-corrected chi connectivity index (χ4v) is 8.15. The molecule has 11 heteroatoms. The first-order chi connectivity index (χ1) is 26.3. The quantitative estimate of drug-likeness (QED) is 0.139. The van der Waals surface area contributed by atoms with Gasteiger partial charge in [0, 0.05) is 42.9 Å². The number of hydrogen-bond donors (Lipinski definition) is 1. The van der Waals surface area contributed by atoms with Crippen molar-refractivity contribution in [1.29, 1.82) is 0 Å². The van der Waals surface area contributed by atoms with Gasteiger partial charge >= 0.3 is 11.9 Å². The van der Waals surface area contributed by atoms with E-state index in [0.29, 0.717) is 23.7 Å². The Hall–Kier alpha value is -5.26. The van der Waals surface area contributed by atoms with Crippen LogP contribution in [0.15, 0.2) is 92.0 Å². The molecule has 1 aromatic heterocycles. The number of aromatic amines is 1. The highest BCUT2D eigenvalue weighted by molar-refractivity contribution is 5.91. The van der Waals surface area contributed by atoms with Crippen molar-refractivity contribution in [3.8, 4) is 23.0 Å². The van der Waals surface area contributed by atoms with Gasteiger partial charge in [-0.3, -0.25) is 9.69 Å². The highest BCUT2D eigenvalue weighted by atomic mass is 16.6. The van der Waals surface area contributed by atoms with Crippen molar-refractivity contribution in [3.63, 3.8) is 0 Å². The average molecular weight is 741 g/mol. The number of piperidine rings is 1. The van der Waals surface area contributed by atoms with Gasteiger partial charge in [0.2, 0.25) is 5.75 Å². The van der Waals surface area contributed by atoms with E-state index in [0.717, 1.165) is 37.2 Å². The summed E-state index contributed by atoms with van der Waals surface area (Å²) in [6.45, 7) is 8.40. The predicted molar refractivity (Wildman–Crippen MR) is 208 cm³/mol. The Bertz CT molecular complexity index is 1830. The standard InChI is InChI=1S/C33H40N2O9.C6H6.C4H6/c1-38-19-7-8-20-21-9-10-35-16-18-13-27(44-32(36)17-11-25(39-2)30(41-4)26(12-17)40-3)31(42-5)28(33(37)43-6)22(18)15-24(35)29(21)34-23(20)14-19;1-2-4-6-5-3-1;1-3-4-2/h7-8,11-12,14,18,22,24,27-28,31,34H,9-10,13,15-16H2,1-6H3;1-6H;3-4H,1-2H2/t18-,22+,24-,27-,28+,31+;;/m1../s1. The second kappa shape index (κ2) is 18.7. The smallest absolute Gasteiger partial charge is 0.338 e.